The zero-order valence-corrected chi connectivity index (χ0v) is 12.1. The molecule has 0 bridgehead atoms. The second-order valence-corrected chi connectivity index (χ2v) is 5.38. The fourth-order valence-electron chi connectivity index (χ4n) is 2.62. The summed E-state index contributed by atoms with van der Waals surface area (Å²) in [5.41, 5.74) is 0. The first-order valence-corrected chi connectivity index (χ1v) is 7.08. The van der Waals surface area contributed by atoms with Gasteiger partial charge in [0, 0.05) is 39.6 Å². The van der Waals surface area contributed by atoms with Gasteiger partial charge in [-0.25, -0.2) is 0 Å². The Morgan fingerprint density at radius 1 is 1.62 bits per heavy atom. The lowest BCUT2D eigenvalue weighted by atomic mass is 9.99. The minimum absolute atomic E-state index is 0.0175. The summed E-state index contributed by atoms with van der Waals surface area (Å²) < 4.78 is 1.63. The number of likely N-dealkylation sites (tertiary alicyclic amines) is 1. The second-order valence-electron chi connectivity index (χ2n) is 5.38. The number of imidazole rings is 1. The first-order chi connectivity index (χ1) is 10.0. The monoisotopic (exact) mass is 296 g/mol. The van der Waals surface area contributed by atoms with E-state index in [1.54, 1.807) is 16.4 Å². The van der Waals surface area contributed by atoms with Crippen LogP contribution in [0, 0.1) is 23.0 Å². The van der Waals surface area contributed by atoms with Crippen LogP contribution in [0.5, 0.6) is 0 Å². The molecule has 1 saturated heterocycles. The molecule has 8 nitrogen and oxygen atoms in total. The number of hydrogen-bond donors (Lipinski definition) is 1. The molecule has 0 radical (unpaired) electrons. The average Bonchev–Trinajstić information content (AvgIpc) is 2.86. The number of nitro groups is 1. The maximum absolute atomic E-state index is 12.2. The van der Waals surface area contributed by atoms with Gasteiger partial charge in [-0.3, -0.25) is 4.79 Å². The largest absolute Gasteiger partial charge is 0.396 e. The molecule has 1 aliphatic heterocycles. The molecule has 0 spiro atoms. The van der Waals surface area contributed by atoms with Gasteiger partial charge < -0.3 is 24.7 Å². The van der Waals surface area contributed by atoms with Gasteiger partial charge >= 0.3 is 5.82 Å². The molecule has 116 valence electrons. The summed E-state index contributed by atoms with van der Waals surface area (Å²) >= 11 is 0. The Morgan fingerprint density at radius 2 is 2.38 bits per heavy atom. The number of amides is 1. The number of aryl methyl sites for hydroxylation is 2. The smallest absolute Gasteiger partial charge is 0.381 e. The molecule has 0 aliphatic carbocycles. The number of carbonyl (C=O) groups excluding carboxylic acids is 1. The molecule has 2 heterocycles. The van der Waals surface area contributed by atoms with Crippen LogP contribution in [0.25, 0.3) is 0 Å². The van der Waals surface area contributed by atoms with E-state index in [2.05, 4.69) is 4.98 Å². The standard InChI is InChI=1S/C13H20N4O4/c1-10-14-12(17(20)21)8-15(10)6-4-13(19)16-5-2-3-11(7-16)9-18/h8,11,18H,2-7,9H2,1H3. The van der Waals surface area contributed by atoms with E-state index in [0.717, 1.165) is 19.4 Å². The van der Waals surface area contributed by atoms with Crippen molar-refractivity contribution in [1.29, 1.82) is 0 Å². The Labute approximate surface area is 122 Å². The summed E-state index contributed by atoms with van der Waals surface area (Å²) in [7, 11) is 0. The van der Waals surface area contributed by atoms with Crippen molar-refractivity contribution in [3.8, 4) is 0 Å². The van der Waals surface area contributed by atoms with Crippen molar-refractivity contribution in [1.82, 2.24) is 14.5 Å². The van der Waals surface area contributed by atoms with Crippen LogP contribution in [0.3, 0.4) is 0 Å². The van der Waals surface area contributed by atoms with Crippen LogP contribution in [-0.2, 0) is 11.3 Å². The summed E-state index contributed by atoms with van der Waals surface area (Å²) in [6.45, 7) is 3.49. The summed E-state index contributed by atoms with van der Waals surface area (Å²) in [5.74, 6) is 0.516. The number of rotatable bonds is 5. The van der Waals surface area contributed by atoms with E-state index < -0.39 is 4.92 Å². The molecule has 1 aromatic rings. The van der Waals surface area contributed by atoms with Crippen LogP contribution >= 0.6 is 0 Å². The van der Waals surface area contributed by atoms with E-state index in [1.165, 1.54) is 6.20 Å². The van der Waals surface area contributed by atoms with Gasteiger partial charge in [-0.15, -0.1) is 0 Å². The van der Waals surface area contributed by atoms with Gasteiger partial charge in [0.2, 0.25) is 11.7 Å². The lowest BCUT2D eigenvalue weighted by molar-refractivity contribution is -0.389. The third-order valence-electron chi connectivity index (χ3n) is 3.85. The van der Waals surface area contributed by atoms with E-state index in [4.69, 9.17) is 0 Å². The number of aliphatic hydroxyl groups is 1. The highest BCUT2D eigenvalue weighted by molar-refractivity contribution is 5.76. The summed E-state index contributed by atoms with van der Waals surface area (Å²) in [5, 5.41) is 19.8. The lowest BCUT2D eigenvalue weighted by Crippen LogP contribution is -2.41. The van der Waals surface area contributed by atoms with Crippen molar-refractivity contribution in [3.05, 3.63) is 22.1 Å². The van der Waals surface area contributed by atoms with Crippen LogP contribution in [0.4, 0.5) is 5.82 Å². The Hall–Kier alpha value is -1.96. The first-order valence-electron chi connectivity index (χ1n) is 7.08. The summed E-state index contributed by atoms with van der Waals surface area (Å²) in [4.78, 5) is 27.9. The molecular weight excluding hydrogens is 276 g/mol. The van der Waals surface area contributed by atoms with Gasteiger partial charge in [0.15, 0.2) is 0 Å². The van der Waals surface area contributed by atoms with E-state index in [1.807, 2.05) is 0 Å². The summed E-state index contributed by atoms with van der Waals surface area (Å²) in [6, 6.07) is 0. The highest BCUT2D eigenvalue weighted by atomic mass is 16.6. The topological polar surface area (TPSA) is 102 Å². The molecule has 1 fully saturated rings. The predicted octanol–water partition coefficient (Wildman–Crippen LogP) is 0.721. The SMILES string of the molecule is Cc1nc([N+](=O)[O-])cn1CCC(=O)N1CCCC(CO)C1. The molecule has 2 rings (SSSR count). The molecule has 1 aliphatic rings. The first kappa shape index (κ1) is 15.4. The van der Waals surface area contributed by atoms with Crippen LogP contribution in [0.2, 0.25) is 0 Å². The maximum Gasteiger partial charge on any atom is 0.381 e. The van der Waals surface area contributed by atoms with Gasteiger partial charge in [-0.05, 0) is 28.7 Å². The molecule has 1 aromatic heterocycles. The van der Waals surface area contributed by atoms with Crippen LogP contribution in [0.1, 0.15) is 25.1 Å². The quantitative estimate of drug-likeness (QED) is 0.637. The number of nitrogens with zero attached hydrogens (tertiary/aromatic N) is 4. The number of hydrogen-bond acceptors (Lipinski definition) is 5. The molecule has 8 heteroatoms. The molecular formula is C13H20N4O4. The van der Waals surface area contributed by atoms with Crippen molar-refractivity contribution in [2.45, 2.75) is 32.7 Å². The van der Waals surface area contributed by atoms with Gasteiger partial charge in [0.1, 0.15) is 6.20 Å². The van der Waals surface area contributed by atoms with E-state index in [0.29, 0.717) is 18.9 Å². The van der Waals surface area contributed by atoms with Crippen LogP contribution in [-0.4, -0.2) is 50.1 Å². The van der Waals surface area contributed by atoms with Gasteiger partial charge in [-0.1, -0.05) is 0 Å². The fraction of sp³-hybridized carbons (Fsp3) is 0.692. The number of aliphatic hydroxyl groups excluding tert-OH is 1. The highest BCUT2D eigenvalue weighted by Gasteiger charge is 2.23. The van der Waals surface area contributed by atoms with Crippen molar-refractivity contribution in [3.63, 3.8) is 0 Å². The molecule has 1 N–H and O–H groups in total. The Kier molecular flexibility index (Phi) is 4.89. The van der Waals surface area contributed by atoms with Crippen molar-refractivity contribution >= 4 is 11.7 Å². The average molecular weight is 296 g/mol. The van der Waals surface area contributed by atoms with Crippen molar-refractivity contribution in [2.24, 2.45) is 5.92 Å². The zero-order valence-electron chi connectivity index (χ0n) is 12.1. The fourth-order valence-corrected chi connectivity index (χ4v) is 2.62. The van der Waals surface area contributed by atoms with E-state index >= 15 is 0 Å². The second kappa shape index (κ2) is 6.66. The Morgan fingerprint density at radius 3 is 3.00 bits per heavy atom. The minimum atomic E-state index is -0.540. The molecule has 21 heavy (non-hydrogen) atoms. The van der Waals surface area contributed by atoms with E-state index in [9.17, 15) is 20.0 Å². The third-order valence-corrected chi connectivity index (χ3v) is 3.85. The third kappa shape index (κ3) is 3.78. The number of piperidine rings is 1. The van der Waals surface area contributed by atoms with Gasteiger partial charge in [0.25, 0.3) is 0 Å². The van der Waals surface area contributed by atoms with Gasteiger partial charge in [-0.2, -0.15) is 0 Å². The van der Waals surface area contributed by atoms with Crippen LogP contribution in [0.15, 0.2) is 6.20 Å². The Bertz CT molecular complexity index is 528. The van der Waals surface area contributed by atoms with E-state index in [-0.39, 0.29) is 30.7 Å². The zero-order chi connectivity index (χ0) is 15.4. The van der Waals surface area contributed by atoms with Crippen molar-refractivity contribution < 1.29 is 14.8 Å². The lowest BCUT2D eigenvalue weighted by Gasteiger charge is -2.32. The molecule has 1 unspecified atom stereocenters. The predicted molar refractivity (Wildman–Crippen MR) is 74.6 cm³/mol. The normalized spacial score (nSPS) is 18.8. The number of carbonyl (C=O) groups is 1. The Balaban J connectivity index is 1.90. The maximum atomic E-state index is 12.2. The van der Waals surface area contributed by atoms with Crippen LogP contribution < -0.4 is 0 Å². The molecule has 0 aromatic carbocycles. The molecule has 0 saturated carbocycles. The van der Waals surface area contributed by atoms with Gasteiger partial charge in [0.05, 0.1) is 0 Å². The molecule has 1 atom stereocenters. The highest BCUT2D eigenvalue weighted by Crippen LogP contribution is 2.17. The number of aromatic nitrogens is 2. The van der Waals surface area contributed by atoms with Crippen molar-refractivity contribution in [2.75, 3.05) is 19.7 Å². The molecule has 1 amide bonds. The minimum Gasteiger partial charge on any atom is -0.396 e. The summed E-state index contributed by atoms with van der Waals surface area (Å²) in [6.07, 6.45) is 3.50.